The highest BCUT2D eigenvalue weighted by Crippen LogP contribution is 2.29. The average molecular weight is 388 g/mol. The number of methoxy groups -OCH3 is 2. The standard InChI is InChI=1S/C20H24N2O6/c1-4-26-19-13-15(14-21-22-20(23)25-3)9-10-18(19)28-12-11-27-17-8-6-5-7-16(17)24-2/h5-10,13-14H,4,11-12H2,1-3H3,(H,22,23). The van der Waals surface area contributed by atoms with Crippen LogP contribution in [0, 0.1) is 0 Å². The molecule has 0 spiro atoms. The molecule has 0 heterocycles. The van der Waals surface area contributed by atoms with Crippen LogP contribution >= 0.6 is 0 Å². The number of nitrogens with one attached hydrogen (secondary N) is 1. The fraction of sp³-hybridized carbons (Fsp3) is 0.300. The summed E-state index contributed by atoms with van der Waals surface area (Å²) in [5.74, 6) is 2.48. The van der Waals surface area contributed by atoms with Crippen LogP contribution in [-0.2, 0) is 4.74 Å². The number of para-hydroxylation sites is 2. The summed E-state index contributed by atoms with van der Waals surface area (Å²) in [5, 5.41) is 3.79. The van der Waals surface area contributed by atoms with Gasteiger partial charge in [0, 0.05) is 0 Å². The van der Waals surface area contributed by atoms with E-state index in [2.05, 4.69) is 15.3 Å². The first-order valence-electron chi connectivity index (χ1n) is 8.70. The van der Waals surface area contributed by atoms with Crippen molar-refractivity contribution in [1.29, 1.82) is 0 Å². The van der Waals surface area contributed by atoms with Crippen molar-refractivity contribution in [2.45, 2.75) is 6.92 Å². The summed E-state index contributed by atoms with van der Waals surface area (Å²) in [5.41, 5.74) is 2.96. The predicted octanol–water partition coefficient (Wildman–Crippen LogP) is 3.24. The third-order valence-electron chi connectivity index (χ3n) is 3.49. The highest BCUT2D eigenvalue weighted by molar-refractivity contribution is 5.82. The van der Waals surface area contributed by atoms with Gasteiger partial charge in [0.15, 0.2) is 23.0 Å². The van der Waals surface area contributed by atoms with E-state index in [-0.39, 0.29) is 0 Å². The Morgan fingerprint density at radius 3 is 2.29 bits per heavy atom. The zero-order valence-electron chi connectivity index (χ0n) is 16.1. The molecule has 150 valence electrons. The van der Waals surface area contributed by atoms with Gasteiger partial charge >= 0.3 is 6.09 Å². The van der Waals surface area contributed by atoms with E-state index in [4.69, 9.17) is 18.9 Å². The predicted molar refractivity (Wildman–Crippen MR) is 105 cm³/mol. The largest absolute Gasteiger partial charge is 0.493 e. The molecule has 0 aliphatic carbocycles. The van der Waals surface area contributed by atoms with Gasteiger partial charge in [0.05, 0.1) is 27.0 Å². The van der Waals surface area contributed by atoms with Crippen LogP contribution in [0.4, 0.5) is 4.79 Å². The minimum Gasteiger partial charge on any atom is -0.493 e. The summed E-state index contributed by atoms with van der Waals surface area (Å²) in [6.07, 6.45) is 0.838. The van der Waals surface area contributed by atoms with Crippen LogP contribution < -0.4 is 24.4 Å². The molecule has 28 heavy (non-hydrogen) atoms. The molecule has 8 heteroatoms. The van der Waals surface area contributed by atoms with Crippen LogP contribution in [0.5, 0.6) is 23.0 Å². The second-order valence-electron chi connectivity index (χ2n) is 5.35. The topological polar surface area (TPSA) is 87.6 Å². The maximum absolute atomic E-state index is 11.0. The second-order valence-corrected chi connectivity index (χ2v) is 5.35. The van der Waals surface area contributed by atoms with E-state index in [1.807, 2.05) is 31.2 Å². The Hall–Kier alpha value is -3.42. The zero-order valence-corrected chi connectivity index (χ0v) is 16.1. The van der Waals surface area contributed by atoms with Gasteiger partial charge < -0.3 is 23.7 Å². The van der Waals surface area contributed by atoms with Gasteiger partial charge in [-0.2, -0.15) is 5.10 Å². The number of hydrogen-bond donors (Lipinski definition) is 1. The van der Waals surface area contributed by atoms with Crippen molar-refractivity contribution in [3.8, 4) is 23.0 Å². The summed E-state index contributed by atoms with van der Waals surface area (Å²) in [6.45, 7) is 3.04. The van der Waals surface area contributed by atoms with Crippen LogP contribution in [-0.4, -0.2) is 46.3 Å². The first kappa shape index (κ1) is 20.9. The second kappa shape index (κ2) is 11.3. The average Bonchev–Trinajstić information content (AvgIpc) is 2.72. The minimum atomic E-state index is -0.642. The first-order valence-corrected chi connectivity index (χ1v) is 8.70. The van der Waals surface area contributed by atoms with Gasteiger partial charge in [0.2, 0.25) is 0 Å². The molecule has 0 radical (unpaired) electrons. The number of amides is 1. The van der Waals surface area contributed by atoms with Gasteiger partial charge in [-0.1, -0.05) is 12.1 Å². The summed E-state index contributed by atoms with van der Waals surface area (Å²) >= 11 is 0. The smallest absolute Gasteiger partial charge is 0.427 e. The molecule has 2 aromatic rings. The molecule has 0 bridgehead atoms. The van der Waals surface area contributed by atoms with Crippen molar-refractivity contribution in [3.63, 3.8) is 0 Å². The van der Waals surface area contributed by atoms with E-state index in [0.717, 1.165) is 5.56 Å². The highest BCUT2D eigenvalue weighted by atomic mass is 16.6. The molecule has 0 aliphatic rings. The molecule has 0 atom stereocenters. The Morgan fingerprint density at radius 1 is 0.964 bits per heavy atom. The molecule has 1 amide bonds. The number of ether oxygens (including phenoxy) is 5. The van der Waals surface area contributed by atoms with Gasteiger partial charge in [-0.05, 0) is 42.8 Å². The van der Waals surface area contributed by atoms with Crippen LogP contribution in [0.25, 0.3) is 0 Å². The number of carbonyl (C=O) groups is 1. The van der Waals surface area contributed by atoms with Gasteiger partial charge in [-0.25, -0.2) is 10.2 Å². The number of rotatable bonds is 10. The number of carbonyl (C=O) groups excluding carboxylic acids is 1. The molecule has 0 unspecified atom stereocenters. The van der Waals surface area contributed by atoms with E-state index in [9.17, 15) is 4.79 Å². The van der Waals surface area contributed by atoms with E-state index in [0.29, 0.717) is 42.8 Å². The summed E-state index contributed by atoms with van der Waals surface area (Å²) < 4.78 is 26.8. The van der Waals surface area contributed by atoms with E-state index in [1.165, 1.54) is 13.3 Å². The van der Waals surface area contributed by atoms with Crippen molar-refractivity contribution < 1.29 is 28.5 Å². The quantitative estimate of drug-likeness (QED) is 0.382. The van der Waals surface area contributed by atoms with Crippen molar-refractivity contribution in [2.75, 3.05) is 34.0 Å². The Kier molecular flexibility index (Phi) is 8.45. The summed E-state index contributed by atoms with van der Waals surface area (Å²) in [4.78, 5) is 11.0. The van der Waals surface area contributed by atoms with Crippen LogP contribution in [0.15, 0.2) is 47.6 Å². The van der Waals surface area contributed by atoms with E-state index >= 15 is 0 Å². The third kappa shape index (κ3) is 6.39. The molecular weight excluding hydrogens is 364 g/mol. The van der Waals surface area contributed by atoms with E-state index < -0.39 is 6.09 Å². The van der Waals surface area contributed by atoms with Gasteiger partial charge in [-0.3, -0.25) is 0 Å². The summed E-state index contributed by atoms with van der Waals surface area (Å²) in [6, 6.07) is 12.8. The van der Waals surface area contributed by atoms with Crippen molar-refractivity contribution >= 4 is 12.3 Å². The molecule has 0 aromatic heterocycles. The molecule has 1 N–H and O–H groups in total. The SMILES string of the molecule is CCOc1cc(C=NNC(=O)OC)ccc1OCCOc1ccccc1OC. The van der Waals surface area contributed by atoms with Crippen molar-refractivity contribution in [3.05, 3.63) is 48.0 Å². The Morgan fingerprint density at radius 2 is 1.64 bits per heavy atom. The van der Waals surface area contributed by atoms with Crippen LogP contribution in [0.1, 0.15) is 12.5 Å². The molecule has 2 aromatic carbocycles. The number of benzene rings is 2. The highest BCUT2D eigenvalue weighted by Gasteiger charge is 2.07. The monoisotopic (exact) mass is 388 g/mol. The lowest BCUT2D eigenvalue weighted by Crippen LogP contribution is -2.16. The fourth-order valence-corrected chi connectivity index (χ4v) is 2.24. The van der Waals surface area contributed by atoms with Crippen molar-refractivity contribution in [2.24, 2.45) is 5.10 Å². The summed E-state index contributed by atoms with van der Waals surface area (Å²) in [7, 11) is 2.86. The molecule has 2 rings (SSSR count). The Labute approximate surface area is 164 Å². The number of nitrogens with zero attached hydrogens (tertiary/aromatic N) is 1. The lowest BCUT2D eigenvalue weighted by Gasteiger charge is -2.14. The Bertz CT molecular complexity index is 794. The van der Waals surface area contributed by atoms with Gasteiger partial charge in [-0.15, -0.1) is 0 Å². The normalized spacial score (nSPS) is 10.4. The number of hydrogen-bond acceptors (Lipinski definition) is 7. The minimum absolute atomic E-state index is 0.329. The van der Waals surface area contributed by atoms with Crippen molar-refractivity contribution in [1.82, 2.24) is 5.43 Å². The molecule has 0 saturated heterocycles. The lowest BCUT2D eigenvalue weighted by molar-refractivity contribution is 0.171. The fourth-order valence-electron chi connectivity index (χ4n) is 2.24. The van der Waals surface area contributed by atoms with Crippen LogP contribution in [0.3, 0.4) is 0 Å². The molecular formula is C20H24N2O6. The molecule has 0 saturated carbocycles. The Balaban J connectivity index is 1.93. The molecule has 0 aliphatic heterocycles. The van der Waals surface area contributed by atoms with Crippen LogP contribution in [0.2, 0.25) is 0 Å². The van der Waals surface area contributed by atoms with E-state index in [1.54, 1.807) is 25.3 Å². The van der Waals surface area contributed by atoms with Gasteiger partial charge in [0.25, 0.3) is 0 Å². The molecule has 8 nitrogen and oxygen atoms in total. The third-order valence-corrected chi connectivity index (χ3v) is 3.49. The van der Waals surface area contributed by atoms with Gasteiger partial charge in [0.1, 0.15) is 13.2 Å². The maximum Gasteiger partial charge on any atom is 0.427 e. The first-order chi connectivity index (χ1) is 13.7. The lowest BCUT2D eigenvalue weighted by atomic mass is 10.2. The zero-order chi connectivity index (χ0) is 20.2. The maximum atomic E-state index is 11.0. The number of hydrazone groups is 1. The molecule has 0 fully saturated rings.